The Morgan fingerprint density at radius 3 is 2.37 bits per heavy atom. The van der Waals surface area contributed by atoms with E-state index in [1.165, 1.54) is 5.01 Å². The van der Waals surface area contributed by atoms with E-state index in [1.807, 2.05) is 56.3 Å². The molecule has 3 aromatic carbocycles. The summed E-state index contributed by atoms with van der Waals surface area (Å²) in [6, 6.07) is 17.5. The van der Waals surface area contributed by atoms with Crippen molar-refractivity contribution in [2.24, 2.45) is 36.0 Å². The highest BCUT2D eigenvalue weighted by molar-refractivity contribution is 6.18. The maximum absolute atomic E-state index is 13.0. The van der Waals surface area contributed by atoms with E-state index in [1.54, 1.807) is 25.1 Å². The molecule has 5 rings (SSSR count). The van der Waals surface area contributed by atoms with E-state index >= 15 is 0 Å². The van der Waals surface area contributed by atoms with Gasteiger partial charge >= 0.3 is 0 Å². The zero-order valence-electron chi connectivity index (χ0n) is 19.4. The van der Waals surface area contributed by atoms with Crippen LogP contribution in [0.25, 0.3) is 11.1 Å². The van der Waals surface area contributed by atoms with Crippen molar-refractivity contribution in [1.29, 1.82) is 0 Å². The number of hydrogen-bond donors (Lipinski definition) is 1. The van der Waals surface area contributed by atoms with Crippen molar-refractivity contribution < 1.29 is 9.90 Å². The first-order valence-corrected chi connectivity index (χ1v) is 11.0. The molecule has 10 heteroatoms. The molecule has 1 unspecified atom stereocenters. The van der Waals surface area contributed by atoms with Gasteiger partial charge in [-0.1, -0.05) is 42.5 Å². The van der Waals surface area contributed by atoms with Gasteiger partial charge in [-0.15, -0.1) is 10.2 Å². The molecule has 0 radical (unpaired) electrons. The van der Waals surface area contributed by atoms with Crippen LogP contribution in [0, 0.1) is 13.8 Å². The summed E-state index contributed by atoms with van der Waals surface area (Å²) in [5.74, 6) is -0.322. The van der Waals surface area contributed by atoms with Gasteiger partial charge in [0, 0.05) is 11.1 Å². The molecule has 2 heterocycles. The van der Waals surface area contributed by atoms with Crippen LogP contribution in [-0.4, -0.2) is 22.8 Å². The van der Waals surface area contributed by atoms with Crippen LogP contribution in [0.1, 0.15) is 29.8 Å². The highest BCUT2D eigenvalue weighted by Gasteiger charge is 2.35. The first kappa shape index (κ1) is 22.2. The summed E-state index contributed by atoms with van der Waals surface area (Å²) in [4.78, 5) is 13.0. The van der Waals surface area contributed by atoms with Crippen molar-refractivity contribution >= 4 is 23.0 Å². The Bertz CT molecular complexity index is 1410. The van der Waals surface area contributed by atoms with Gasteiger partial charge in [0.1, 0.15) is 5.69 Å². The van der Waals surface area contributed by atoms with E-state index in [2.05, 4.69) is 36.0 Å². The Hall–Kier alpha value is -4.60. The SMILES string of the molecule is CC1=NN(c2ccc(C)c(C)c2)C(=O)C1N=Nc1cccc(-c2ccc(C3N=NN=N3)cc2)c1O. The van der Waals surface area contributed by atoms with Crippen LogP contribution in [0.3, 0.4) is 0 Å². The van der Waals surface area contributed by atoms with E-state index in [0.29, 0.717) is 17.0 Å². The van der Waals surface area contributed by atoms with Crippen molar-refractivity contribution in [1.82, 2.24) is 0 Å². The van der Waals surface area contributed by atoms with Gasteiger partial charge in [-0.25, -0.2) is 0 Å². The van der Waals surface area contributed by atoms with E-state index in [0.717, 1.165) is 22.3 Å². The second-order valence-electron chi connectivity index (χ2n) is 8.36. The lowest BCUT2D eigenvalue weighted by molar-refractivity contribution is -0.117. The first-order chi connectivity index (χ1) is 16.9. The van der Waals surface area contributed by atoms with E-state index in [-0.39, 0.29) is 17.3 Å². The summed E-state index contributed by atoms with van der Waals surface area (Å²) in [5.41, 5.74) is 5.89. The Kier molecular flexibility index (Phi) is 5.69. The minimum absolute atomic E-state index is 0.0321. The second-order valence-corrected chi connectivity index (χ2v) is 8.36. The van der Waals surface area contributed by atoms with E-state index in [4.69, 9.17) is 0 Å². The summed E-state index contributed by atoms with van der Waals surface area (Å²) in [6.07, 6.45) is -0.435. The Morgan fingerprint density at radius 1 is 0.914 bits per heavy atom. The average molecular weight is 467 g/mol. The molecule has 0 saturated heterocycles. The first-order valence-electron chi connectivity index (χ1n) is 11.0. The quantitative estimate of drug-likeness (QED) is 0.438. The van der Waals surface area contributed by atoms with Crippen molar-refractivity contribution in [2.45, 2.75) is 33.0 Å². The zero-order chi connectivity index (χ0) is 24.5. The summed E-state index contributed by atoms with van der Waals surface area (Å²) >= 11 is 0. The van der Waals surface area contributed by atoms with Crippen LogP contribution < -0.4 is 5.01 Å². The number of carbonyl (C=O) groups is 1. The number of rotatable bonds is 5. The number of nitrogens with zero attached hydrogens (tertiary/aromatic N) is 8. The molecule has 0 fully saturated rings. The Labute approximate surface area is 201 Å². The lowest BCUT2D eigenvalue weighted by Gasteiger charge is -2.14. The minimum atomic E-state index is -0.853. The number of phenols is 1. The largest absolute Gasteiger partial charge is 0.505 e. The van der Waals surface area contributed by atoms with E-state index in [9.17, 15) is 9.90 Å². The predicted molar refractivity (Wildman–Crippen MR) is 131 cm³/mol. The molecule has 2 aliphatic heterocycles. The fraction of sp³-hybridized carbons (Fsp3) is 0.200. The maximum Gasteiger partial charge on any atom is 0.280 e. The lowest BCUT2D eigenvalue weighted by Crippen LogP contribution is -2.29. The number of aryl methyl sites for hydroxylation is 2. The number of hydrazone groups is 1. The summed E-state index contributed by atoms with van der Waals surface area (Å²) in [7, 11) is 0. The molecule has 0 saturated carbocycles. The molecular weight excluding hydrogens is 444 g/mol. The van der Waals surface area contributed by atoms with Gasteiger partial charge in [0.15, 0.2) is 11.8 Å². The molecule has 0 aromatic heterocycles. The van der Waals surface area contributed by atoms with Crippen molar-refractivity contribution in [3.05, 3.63) is 77.4 Å². The topological polar surface area (TPSA) is 127 Å². The zero-order valence-corrected chi connectivity index (χ0v) is 19.4. The van der Waals surface area contributed by atoms with Gasteiger partial charge in [0.05, 0.1) is 11.4 Å². The molecule has 0 spiro atoms. The second kappa shape index (κ2) is 8.98. The molecule has 174 valence electrons. The van der Waals surface area contributed by atoms with Crippen LogP contribution in [0.5, 0.6) is 5.75 Å². The summed E-state index contributed by atoms with van der Waals surface area (Å²) in [6.45, 7) is 5.74. The minimum Gasteiger partial charge on any atom is -0.505 e. The van der Waals surface area contributed by atoms with E-state index < -0.39 is 12.2 Å². The third-order valence-corrected chi connectivity index (χ3v) is 6.01. The molecule has 1 atom stereocenters. The van der Waals surface area contributed by atoms with Gasteiger partial charge in [-0.3, -0.25) is 4.79 Å². The van der Waals surface area contributed by atoms with Gasteiger partial charge in [-0.05, 0) is 66.1 Å². The highest BCUT2D eigenvalue weighted by atomic mass is 16.3. The number of aromatic hydroxyl groups is 1. The number of amides is 1. The predicted octanol–water partition coefficient (Wildman–Crippen LogP) is 6.38. The number of phenolic OH excluding ortho intramolecular Hbond substituents is 1. The number of azo groups is 1. The molecule has 35 heavy (non-hydrogen) atoms. The molecule has 2 aliphatic rings. The summed E-state index contributed by atoms with van der Waals surface area (Å²) < 4.78 is 0. The maximum atomic E-state index is 13.0. The van der Waals surface area contributed by atoms with Crippen molar-refractivity contribution in [3.8, 4) is 16.9 Å². The number of hydrogen-bond acceptors (Lipinski definition) is 9. The molecule has 3 aromatic rings. The van der Waals surface area contributed by atoms with Gasteiger partial charge in [0.25, 0.3) is 5.91 Å². The smallest absolute Gasteiger partial charge is 0.280 e. The normalized spacial score (nSPS) is 17.7. The van der Waals surface area contributed by atoms with Crippen LogP contribution in [0.15, 0.2) is 96.7 Å². The molecule has 1 N–H and O–H groups in total. The fourth-order valence-electron chi connectivity index (χ4n) is 3.83. The Morgan fingerprint density at radius 2 is 1.66 bits per heavy atom. The van der Waals surface area contributed by atoms with Crippen LogP contribution in [-0.2, 0) is 4.79 Å². The number of carbonyl (C=O) groups excluding carboxylic acids is 1. The number of anilines is 1. The third kappa shape index (κ3) is 4.21. The van der Waals surface area contributed by atoms with Crippen LogP contribution >= 0.6 is 0 Å². The average Bonchev–Trinajstić information content (AvgIpc) is 3.49. The van der Waals surface area contributed by atoms with Crippen LogP contribution in [0.4, 0.5) is 11.4 Å². The summed E-state index contributed by atoms with van der Waals surface area (Å²) in [5, 5.41) is 39.9. The number of benzene rings is 3. The van der Waals surface area contributed by atoms with Crippen LogP contribution in [0.2, 0.25) is 0 Å². The lowest BCUT2D eigenvalue weighted by atomic mass is 10.0. The molecule has 0 bridgehead atoms. The fourth-order valence-corrected chi connectivity index (χ4v) is 3.83. The number of para-hydroxylation sites is 1. The highest BCUT2D eigenvalue weighted by Crippen LogP contribution is 2.38. The standard InChI is InChI=1S/C25H22N8O2/c1-14-7-12-19(13-15(14)2)33-25(35)22(16(3)30-33)27-26-21-6-4-5-20(23(21)34)17-8-10-18(11-9-17)24-28-31-32-29-24/h4-13,22,24,34H,1-3H3. The molecule has 1 amide bonds. The van der Waals surface area contributed by atoms with Crippen molar-refractivity contribution in [2.75, 3.05) is 5.01 Å². The molecule has 0 aliphatic carbocycles. The van der Waals surface area contributed by atoms with Gasteiger partial charge < -0.3 is 5.11 Å². The van der Waals surface area contributed by atoms with Gasteiger partial charge in [0.2, 0.25) is 6.17 Å². The third-order valence-electron chi connectivity index (χ3n) is 6.01. The molecular formula is C25H22N8O2. The van der Waals surface area contributed by atoms with Crippen molar-refractivity contribution in [3.63, 3.8) is 0 Å². The van der Waals surface area contributed by atoms with Gasteiger partial charge in [-0.2, -0.15) is 20.3 Å². The molecule has 10 nitrogen and oxygen atoms in total. The Balaban J connectivity index is 1.37. The monoisotopic (exact) mass is 466 g/mol.